The number of carbonyl (C=O) groups is 1. The Hall–Kier alpha value is -2.16. The molecule has 98 valence electrons. The van der Waals surface area contributed by atoms with Crippen LogP contribution in [0.25, 0.3) is 0 Å². The van der Waals surface area contributed by atoms with Crippen molar-refractivity contribution in [3.63, 3.8) is 0 Å². The van der Waals surface area contributed by atoms with Gasteiger partial charge in [0.05, 0.1) is 13.3 Å². The van der Waals surface area contributed by atoms with Crippen molar-refractivity contribution < 1.29 is 9.53 Å². The second kappa shape index (κ2) is 6.14. The molecule has 2 rings (SSSR count). The normalized spacial score (nSPS) is 10.2. The third kappa shape index (κ3) is 3.65. The second-order valence-corrected chi connectivity index (χ2v) is 4.52. The van der Waals surface area contributed by atoms with E-state index >= 15 is 0 Å². The molecule has 0 aliphatic heterocycles. The minimum absolute atomic E-state index is 0.0898. The van der Waals surface area contributed by atoms with Gasteiger partial charge in [0, 0.05) is 18.2 Å². The van der Waals surface area contributed by atoms with Crippen LogP contribution in [0.15, 0.2) is 42.7 Å². The number of Topliss-reactive ketones (excluding diaryl/α,β-unsaturated/α-hetero) is 1. The summed E-state index contributed by atoms with van der Waals surface area (Å²) in [5, 5.41) is 0. The van der Waals surface area contributed by atoms with Gasteiger partial charge >= 0.3 is 0 Å². The SMILES string of the molecule is COc1cncc(C(=O)CCc2ccc(C)cc2)c1. The number of nitrogens with zero attached hydrogens (tertiary/aromatic N) is 1. The Morgan fingerprint density at radius 2 is 1.95 bits per heavy atom. The minimum atomic E-state index is 0.0898. The van der Waals surface area contributed by atoms with E-state index in [0.29, 0.717) is 17.7 Å². The molecule has 0 saturated heterocycles. The van der Waals surface area contributed by atoms with Gasteiger partial charge in [0.2, 0.25) is 0 Å². The van der Waals surface area contributed by atoms with Crippen LogP contribution in [0, 0.1) is 6.92 Å². The molecule has 0 bridgehead atoms. The van der Waals surface area contributed by atoms with Crippen LogP contribution in [-0.2, 0) is 6.42 Å². The zero-order chi connectivity index (χ0) is 13.7. The standard InChI is InChI=1S/C16H17NO2/c1-12-3-5-13(6-4-12)7-8-16(18)14-9-15(19-2)11-17-10-14/h3-6,9-11H,7-8H2,1-2H3. The van der Waals surface area contributed by atoms with Gasteiger partial charge < -0.3 is 4.74 Å². The number of aryl methyl sites for hydroxylation is 2. The van der Waals surface area contributed by atoms with E-state index in [1.807, 2.05) is 0 Å². The van der Waals surface area contributed by atoms with Gasteiger partial charge in [0.25, 0.3) is 0 Å². The summed E-state index contributed by atoms with van der Waals surface area (Å²) in [7, 11) is 1.57. The Kier molecular flexibility index (Phi) is 4.29. The van der Waals surface area contributed by atoms with E-state index in [0.717, 1.165) is 6.42 Å². The Bertz CT molecular complexity index is 561. The first-order chi connectivity index (χ1) is 9.19. The molecule has 19 heavy (non-hydrogen) atoms. The van der Waals surface area contributed by atoms with Gasteiger partial charge in [0.15, 0.2) is 5.78 Å². The third-order valence-corrected chi connectivity index (χ3v) is 3.03. The van der Waals surface area contributed by atoms with E-state index in [2.05, 4.69) is 36.2 Å². The molecular weight excluding hydrogens is 238 g/mol. The molecule has 0 N–H and O–H groups in total. The average molecular weight is 255 g/mol. The number of hydrogen-bond donors (Lipinski definition) is 0. The first-order valence-electron chi connectivity index (χ1n) is 6.27. The molecule has 0 saturated carbocycles. The molecule has 0 amide bonds. The van der Waals surface area contributed by atoms with E-state index in [-0.39, 0.29) is 5.78 Å². The lowest BCUT2D eigenvalue weighted by Crippen LogP contribution is -2.02. The van der Waals surface area contributed by atoms with Gasteiger partial charge in [-0.2, -0.15) is 0 Å². The number of hydrogen-bond acceptors (Lipinski definition) is 3. The number of aromatic nitrogens is 1. The molecule has 1 aromatic heterocycles. The lowest BCUT2D eigenvalue weighted by molar-refractivity contribution is 0.0982. The molecule has 2 aromatic rings. The summed E-state index contributed by atoms with van der Waals surface area (Å²) in [5.41, 5.74) is 3.01. The Morgan fingerprint density at radius 1 is 1.21 bits per heavy atom. The van der Waals surface area contributed by atoms with Crippen LogP contribution >= 0.6 is 0 Å². The lowest BCUT2D eigenvalue weighted by Gasteiger charge is -2.04. The average Bonchev–Trinajstić information content (AvgIpc) is 2.46. The predicted molar refractivity (Wildman–Crippen MR) is 74.6 cm³/mol. The third-order valence-electron chi connectivity index (χ3n) is 3.03. The zero-order valence-corrected chi connectivity index (χ0v) is 11.2. The highest BCUT2D eigenvalue weighted by Crippen LogP contribution is 2.14. The van der Waals surface area contributed by atoms with E-state index in [9.17, 15) is 4.79 Å². The van der Waals surface area contributed by atoms with Crippen molar-refractivity contribution >= 4 is 5.78 Å². The molecule has 0 fully saturated rings. The fourth-order valence-corrected chi connectivity index (χ4v) is 1.84. The number of methoxy groups -OCH3 is 1. The van der Waals surface area contributed by atoms with Gasteiger partial charge in [0.1, 0.15) is 5.75 Å². The minimum Gasteiger partial charge on any atom is -0.495 e. The summed E-state index contributed by atoms with van der Waals surface area (Å²) in [4.78, 5) is 16.1. The van der Waals surface area contributed by atoms with E-state index < -0.39 is 0 Å². The van der Waals surface area contributed by atoms with Crippen LogP contribution in [0.2, 0.25) is 0 Å². The maximum Gasteiger partial charge on any atom is 0.164 e. The highest BCUT2D eigenvalue weighted by Gasteiger charge is 2.07. The highest BCUT2D eigenvalue weighted by atomic mass is 16.5. The molecule has 0 atom stereocenters. The summed E-state index contributed by atoms with van der Waals surface area (Å²) >= 11 is 0. The number of benzene rings is 1. The van der Waals surface area contributed by atoms with Crippen molar-refractivity contribution in [2.75, 3.05) is 7.11 Å². The maximum atomic E-state index is 12.1. The van der Waals surface area contributed by atoms with E-state index in [4.69, 9.17) is 4.74 Å². The highest BCUT2D eigenvalue weighted by molar-refractivity contribution is 5.96. The van der Waals surface area contributed by atoms with Crippen LogP contribution in [0.1, 0.15) is 27.9 Å². The van der Waals surface area contributed by atoms with Crippen molar-refractivity contribution in [2.45, 2.75) is 19.8 Å². The molecule has 1 aromatic carbocycles. The first kappa shape index (κ1) is 13.3. The maximum absolute atomic E-state index is 12.1. The second-order valence-electron chi connectivity index (χ2n) is 4.52. The number of ether oxygens (including phenoxy) is 1. The van der Waals surface area contributed by atoms with Crippen molar-refractivity contribution in [3.05, 3.63) is 59.4 Å². The van der Waals surface area contributed by atoms with Crippen LogP contribution in [0.4, 0.5) is 0 Å². The Morgan fingerprint density at radius 3 is 2.63 bits per heavy atom. The van der Waals surface area contributed by atoms with Crippen molar-refractivity contribution in [1.29, 1.82) is 0 Å². The van der Waals surface area contributed by atoms with Gasteiger partial charge in [-0.15, -0.1) is 0 Å². The molecule has 0 spiro atoms. The predicted octanol–water partition coefficient (Wildman–Crippen LogP) is 3.21. The summed E-state index contributed by atoms with van der Waals surface area (Å²) in [6.45, 7) is 2.05. The van der Waals surface area contributed by atoms with E-state index in [1.165, 1.54) is 11.1 Å². The summed E-state index contributed by atoms with van der Waals surface area (Å²) in [6.07, 6.45) is 4.41. The molecule has 0 radical (unpaired) electrons. The van der Waals surface area contributed by atoms with Crippen molar-refractivity contribution in [3.8, 4) is 5.75 Å². The van der Waals surface area contributed by atoms with Gasteiger partial charge in [-0.3, -0.25) is 9.78 Å². The van der Waals surface area contributed by atoms with Crippen molar-refractivity contribution in [2.24, 2.45) is 0 Å². The van der Waals surface area contributed by atoms with E-state index in [1.54, 1.807) is 25.6 Å². The van der Waals surface area contributed by atoms with Crippen LogP contribution in [0.5, 0.6) is 5.75 Å². The lowest BCUT2D eigenvalue weighted by atomic mass is 10.0. The number of carbonyl (C=O) groups excluding carboxylic acids is 1. The quantitative estimate of drug-likeness (QED) is 0.770. The fourth-order valence-electron chi connectivity index (χ4n) is 1.84. The van der Waals surface area contributed by atoms with Crippen molar-refractivity contribution in [1.82, 2.24) is 4.98 Å². The summed E-state index contributed by atoms with van der Waals surface area (Å²) < 4.78 is 5.07. The Balaban J connectivity index is 1.99. The molecule has 0 unspecified atom stereocenters. The fraction of sp³-hybridized carbons (Fsp3) is 0.250. The van der Waals surface area contributed by atoms with Crippen LogP contribution in [0.3, 0.4) is 0 Å². The van der Waals surface area contributed by atoms with Crippen LogP contribution < -0.4 is 4.74 Å². The molecule has 3 heteroatoms. The van der Waals surface area contributed by atoms with Gasteiger partial charge in [-0.05, 0) is 25.0 Å². The van der Waals surface area contributed by atoms with Gasteiger partial charge in [-0.25, -0.2) is 0 Å². The molecule has 3 nitrogen and oxygen atoms in total. The largest absolute Gasteiger partial charge is 0.495 e. The molecular formula is C16H17NO2. The zero-order valence-electron chi connectivity index (χ0n) is 11.2. The number of pyridine rings is 1. The Labute approximate surface area is 113 Å². The molecule has 0 aliphatic carbocycles. The van der Waals surface area contributed by atoms with Crippen LogP contribution in [-0.4, -0.2) is 17.9 Å². The summed E-state index contributed by atoms with van der Waals surface area (Å²) in [6, 6.07) is 9.98. The smallest absolute Gasteiger partial charge is 0.164 e. The van der Waals surface area contributed by atoms with Gasteiger partial charge in [-0.1, -0.05) is 29.8 Å². The first-order valence-corrected chi connectivity index (χ1v) is 6.27. The molecule has 1 heterocycles. The molecule has 0 aliphatic rings. The topological polar surface area (TPSA) is 39.2 Å². The number of rotatable bonds is 5. The monoisotopic (exact) mass is 255 g/mol. The number of ketones is 1. The summed E-state index contributed by atoms with van der Waals surface area (Å²) in [5.74, 6) is 0.702.